The molecule has 0 aliphatic carbocycles. The number of nitrogens with zero attached hydrogens (tertiary/aromatic N) is 4. The number of morpholine rings is 1. The van der Waals surface area contributed by atoms with E-state index >= 15 is 14.4 Å². The van der Waals surface area contributed by atoms with E-state index in [2.05, 4.69) is 22.1 Å². The van der Waals surface area contributed by atoms with Crippen LogP contribution >= 0.6 is 0 Å². The van der Waals surface area contributed by atoms with E-state index < -0.39 is 65.5 Å². The van der Waals surface area contributed by atoms with Crippen LogP contribution in [0.1, 0.15) is 51.6 Å². The number of fused-ring (bicyclic) bond motifs is 4. The molecule has 0 saturated carbocycles. The van der Waals surface area contributed by atoms with Crippen LogP contribution in [-0.4, -0.2) is 129 Å². The molecule has 376 valence electrons. The molecule has 5 aromatic carbocycles. The van der Waals surface area contributed by atoms with Crippen LogP contribution in [0.15, 0.2) is 121 Å². The molecule has 18 nitrogen and oxygen atoms in total. The number of carbonyl (C=O) groups excluding carboxylic acids is 5. The lowest BCUT2D eigenvalue weighted by Gasteiger charge is -2.46. The molecule has 1 spiro atoms. The number of esters is 1. The Labute approximate surface area is 421 Å². The number of methoxy groups -OCH3 is 1. The fourth-order valence-corrected chi connectivity index (χ4v) is 11.1. The fourth-order valence-electron chi connectivity index (χ4n) is 11.1. The van der Waals surface area contributed by atoms with Crippen molar-refractivity contribution in [1.29, 1.82) is 0 Å². The average molecular weight is 991 g/mol. The van der Waals surface area contributed by atoms with Crippen LogP contribution in [0.2, 0.25) is 0 Å². The third-order valence-electron chi connectivity index (χ3n) is 14.1. The third-order valence-corrected chi connectivity index (χ3v) is 14.1. The summed E-state index contributed by atoms with van der Waals surface area (Å²) in [5.41, 5.74) is 6.72. The Kier molecular flexibility index (Phi) is 14.0. The van der Waals surface area contributed by atoms with Gasteiger partial charge in [0.2, 0.25) is 18.6 Å². The Morgan fingerprint density at radius 3 is 2.29 bits per heavy atom. The maximum absolute atomic E-state index is 16.6. The number of benzene rings is 5. The molecule has 73 heavy (non-hydrogen) atoms. The number of carbonyl (C=O) groups is 5. The Morgan fingerprint density at radius 2 is 1.55 bits per heavy atom. The number of hydrogen-bond donors (Lipinski definition) is 3. The summed E-state index contributed by atoms with van der Waals surface area (Å²) in [7, 11) is 1.45. The van der Waals surface area contributed by atoms with Crippen LogP contribution in [0.5, 0.6) is 17.2 Å². The number of ether oxygens (including phenoxy) is 6. The Hall–Kier alpha value is -7.95. The first kappa shape index (κ1) is 48.7. The number of aliphatic hydroxyl groups excluding tert-OH is 1. The molecule has 5 heterocycles. The largest absolute Gasteiger partial charge is 0.491 e. The van der Waals surface area contributed by atoms with Gasteiger partial charge in [-0.3, -0.25) is 24.2 Å². The van der Waals surface area contributed by atoms with Gasteiger partial charge in [0, 0.05) is 51.0 Å². The van der Waals surface area contributed by atoms with Crippen molar-refractivity contribution in [2.45, 2.75) is 36.2 Å². The Bertz CT molecular complexity index is 2960. The molecule has 5 amide bonds. The summed E-state index contributed by atoms with van der Waals surface area (Å²) in [5, 5.41) is 12.6. The van der Waals surface area contributed by atoms with Crippen LogP contribution in [-0.2, 0) is 40.6 Å². The van der Waals surface area contributed by atoms with Gasteiger partial charge in [-0.15, -0.1) is 0 Å². The minimum absolute atomic E-state index is 0.0287. The fraction of sp³-hybridized carbons (Fsp3) is 0.327. The highest BCUT2D eigenvalue weighted by Gasteiger charge is 2.76. The molecule has 5 aromatic rings. The molecule has 0 radical (unpaired) electrons. The maximum atomic E-state index is 16.6. The smallest absolute Gasteiger partial charge is 0.421 e. The number of para-hydroxylation sites is 1. The summed E-state index contributed by atoms with van der Waals surface area (Å²) in [6.07, 6.45) is -1.99. The SMILES string of the molecule is COCCOC(=O)N1C(=O)[C@@]2(c3cc(C#CCNC(N)=O)ccc31)[C@H](C(=O)N1CCN(Cc3ccc4c(c3)OCO4)CC1)[C@H]1C(=O)O[C@H](c3ccccc3)[C@H](c3ccccc3)N1[C@@H]2c1ccccc1OCCO. The van der Waals surface area contributed by atoms with E-state index in [0.29, 0.717) is 47.8 Å². The summed E-state index contributed by atoms with van der Waals surface area (Å²) >= 11 is 0. The first-order valence-corrected chi connectivity index (χ1v) is 24.1. The highest BCUT2D eigenvalue weighted by molar-refractivity contribution is 6.23. The maximum Gasteiger partial charge on any atom is 0.421 e. The van der Waals surface area contributed by atoms with E-state index in [9.17, 15) is 14.7 Å². The summed E-state index contributed by atoms with van der Waals surface area (Å²) in [6, 6.07) is 32.1. The standard InChI is InChI=1S/C55H54N6O12/c1-68-29-30-70-54(67)60-41-20-18-35(11-10-22-57-53(56)66)31-40(41)55(52(60)65)45(50(63)59-25-23-58(24-26-59)33-36-19-21-43-44(32-36)72-34-71-43)47-51(64)73-48(38-14-6-3-7-15-38)46(37-12-4-2-5-13-37)61(47)49(55)39-16-8-9-17-42(39)69-28-27-62/h2-9,12-21,31-32,45-49,62H,22-30,33-34H2,1H3,(H3,56,57,66)/t45-,46-,47-,48+,49+,55-/m0/s1. The number of imide groups is 1. The second kappa shape index (κ2) is 21.0. The summed E-state index contributed by atoms with van der Waals surface area (Å²) in [6.45, 7) is 1.33. The lowest BCUT2D eigenvalue weighted by atomic mass is 9.64. The van der Waals surface area contributed by atoms with Crippen LogP contribution in [0.4, 0.5) is 15.3 Å². The Morgan fingerprint density at radius 1 is 0.822 bits per heavy atom. The molecule has 0 bridgehead atoms. The normalized spacial score (nSPS) is 23.0. The van der Waals surface area contributed by atoms with Crippen molar-refractivity contribution in [2.75, 3.05) is 78.0 Å². The number of amides is 5. The van der Waals surface area contributed by atoms with Crippen molar-refractivity contribution < 1.29 is 57.5 Å². The summed E-state index contributed by atoms with van der Waals surface area (Å²) in [4.78, 5) is 81.7. The second-order valence-corrected chi connectivity index (χ2v) is 18.2. The topological polar surface area (TPSA) is 212 Å². The molecule has 10 rings (SSSR count). The molecule has 3 fully saturated rings. The number of piperazine rings is 1. The molecule has 5 aliphatic heterocycles. The summed E-state index contributed by atoms with van der Waals surface area (Å²) < 4.78 is 35.1. The van der Waals surface area contributed by atoms with Gasteiger partial charge < -0.3 is 49.5 Å². The van der Waals surface area contributed by atoms with Crippen molar-refractivity contribution >= 4 is 35.6 Å². The van der Waals surface area contributed by atoms with Crippen LogP contribution in [0, 0.1) is 17.8 Å². The first-order chi connectivity index (χ1) is 35.6. The Balaban J connectivity index is 1.19. The van der Waals surface area contributed by atoms with E-state index in [1.807, 2.05) is 83.8 Å². The molecule has 0 unspecified atom stereocenters. The molecular formula is C55H54N6O12. The van der Waals surface area contributed by atoms with Crippen molar-refractivity contribution in [3.8, 4) is 29.1 Å². The predicted octanol–water partition coefficient (Wildman–Crippen LogP) is 4.60. The van der Waals surface area contributed by atoms with E-state index in [1.165, 1.54) is 7.11 Å². The van der Waals surface area contributed by atoms with E-state index in [-0.39, 0.29) is 69.9 Å². The van der Waals surface area contributed by atoms with Gasteiger partial charge in [-0.1, -0.05) is 96.8 Å². The second-order valence-electron chi connectivity index (χ2n) is 18.2. The molecule has 6 atom stereocenters. The molecule has 5 aliphatic rings. The number of primary amides is 1. The van der Waals surface area contributed by atoms with Gasteiger partial charge in [0.25, 0.3) is 0 Å². The van der Waals surface area contributed by atoms with Crippen molar-refractivity contribution in [1.82, 2.24) is 20.0 Å². The predicted molar refractivity (Wildman–Crippen MR) is 263 cm³/mol. The van der Waals surface area contributed by atoms with Crippen molar-refractivity contribution in [3.05, 3.63) is 155 Å². The number of hydrogen-bond acceptors (Lipinski definition) is 14. The molecular weight excluding hydrogens is 937 g/mol. The van der Waals surface area contributed by atoms with Gasteiger partial charge in [0.1, 0.15) is 36.5 Å². The molecule has 3 saturated heterocycles. The number of nitrogens with two attached hydrogens (primary N) is 1. The first-order valence-electron chi connectivity index (χ1n) is 24.1. The molecule has 18 heteroatoms. The highest BCUT2D eigenvalue weighted by Crippen LogP contribution is 2.67. The number of nitrogens with one attached hydrogen (secondary N) is 1. The zero-order chi connectivity index (χ0) is 50.6. The number of cyclic esters (lactones) is 1. The van der Waals surface area contributed by atoms with Crippen molar-refractivity contribution in [2.24, 2.45) is 11.7 Å². The number of anilines is 1. The van der Waals surface area contributed by atoms with E-state index in [1.54, 1.807) is 47.4 Å². The zero-order valence-corrected chi connectivity index (χ0v) is 40.0. The number of urea groups is 1. The van der Waals surface area contributed by atoms with E-state index in [4.69, 9.17) is 34.2 Å². The van der Waals surface area contributed by atoms with Gasteiger partial charge in [0.15, 0.2) is 11.5 Å². The highest BCUT2D eigenvalue weighted by atomic mass is 16.7. The van der Waals surface area contributed by atoms with Gasteiger partial charge in [-0.2, -0.15) is 0 Å². The van der Waals surface area contributed by atoms with Crippen LogP contribution in [0.3, 0.4) is 0 Å². The minimum atomic E-state index is -2.12. The quantitative estimate of drug-likeness (QED) is 0.0837. The van der Waals surface area contributed by atoms with Gasteiger partial charge >= 0.3 is 18.1 Å². The minimum Gasteiger partial charge on any atom is -0.491 e. The van der Waals surface area contributed by atoms with Crippen LogP contribution < -0.4 is 30.2 Å². The lowest BCUT2D eigenvalue weighted by molar-refractivity contribution is -0.179. The third kappa shape index (κ3) is 9.05. The summed E-state index contributed by atoms with van der Waals surface area (Å²) in [5.74, 6) is 3.94. The number of aliphatic hydroxyl groups is 1. The number of rotatable bonds is 13. The lowest BCUT2D eigenvalue weighted by Crippen LogP contribution is -2.59. The van der Waals surface area contributed by atoms with Crippen LogP contribution in [0.25, 0.3) is 0 Å². The van der Waals surface area contributed by atoms with E-state index in [0.717, 1.165) is 16.0 Å². The molecule has 4 N–H and O–H groups in total. The average Bonchev–Trinajstić information content (AvgIpc) is 4.10. The van der Waals surface area contributed by atoms with Gasteiger partial charge in [0.05, 0.1) is 43.4 Å². The van der Waals surface area contributed by atoms with Gasteiger partial charge in [-0.25, -0.2) is 14.5 Å². The van der Waals surface area contributed by atoms with Gasteiger partial charge in [-0.05, 0) is 58.7 Å². The molecule has 0 aromatic heterocycles. The monoisotopic (exact) mass is 990 g/mol. The zero-order valence-electron chi connectivity index (χ0n) is 40.0. The van der Waals surface area contributed by atoms with Crippen molar-refractivity contribution in [3.63, 3.8) is 0 Å².